The van der Waals surface area contributed by atoms with Gasteiger partial charge in [-0.1, -0.05) is 0 Å². The van der Waals surface area contributed by atoms with Gasteiger partial charge >= 0.3 is 5.97 Å². The maximum Gasteiger partial charge on any atom is 0.357 e. The molecule has 2 fully saturated rings. The zero-order valence-corrected chi connectivity index (χ0v) is 12.5. The number of aromatic nitrogens is 1. The van der Waals surface area contributed by atoms with Crippen molar-refractivity contribution in [2.24, 2.45) is 5.41 Å². The predicted molar refractivity (Wildman–Crippen MR) is 78.0 cm³/mol. The molecule has 2 saturated heterocycles. The number of carboxylic acids is 1. The molecular weight excluding hydrogens is 288 g/mol. The largest absolute Gasteiger partial charge is 0.476 e. The van der Waals surface area contributed by atoms with Gasteiger partial charge in [-0.05, 0) is 37.5 Å². The van der Waals surface area contributed by atoms with Gasteiger partial charge in [0.15, 0.2) is 5.69 Å². The fourth-order valence-corrected chi connectivity index (χ4v) is 3.14. The van der Waals surface area contributed by atoms with E-state index >= 15 is 0 Å². The first-order valence-corrected chi connectivity index (χ1v) is 7.79. The fraction of sp³-hybridized carbons (Fsp3) is 0.733. The average molecular weight is 310 g/mol. The molecule has 1 unspecified atom stereocenters. The highest BCUT2D eigenvalue weighted by molar-refractivity contribution is 5.85. The third-order valence-corrected chi connectivity index (χ3v) is 4.64. The fourth-order valence-electron chi connectivity index (χ4n) is 3.14. The molecule has 2 aliphatic rings. The van der Waals surface area contributed by atoms with E-state index in [0.29, 0.717) is 12.0 Å². The lowest BCUT2D eigenvalue weighted by Gasteiger charge is -2.42. The second-order valence-corrected chi connectivity index (χ2v) is 6.14. The highest BCUT2D eigenvalue weighted by atomic mass is 16.5. The number of carbonyl (C=O) groups is 1. The lowest BCUT2D eigenvalue weighted by molar-refractivity contribution is -0.106. The third-order valence-electron chi connectivity index (χ3n) is 4.64. The predicted octanol–water partition coefficient (Wildman–Crippen LogP) is 2.15. The van der Waals surface area contributed by atoms with Crippen LogP contribution in [0.4, 0.5) is 6.01 Å². The molecule has 3 heterocycles. The molecule has 1 spiro atoms. The quantitative estimate of drug-likeness (QED) is 0.860. The Bertz CT molecular complexity index is 500. The van der Waals surface area contributed by atoms with Crippen LogP contribution in [0.25, 0.3) is 0 Å². The maximum absolute atomic E-state index is 10.7. The summed E-state index contributed by atoms with van der Waals surface area (Å²) in [5.74, 6) is -1.09. The van der Waals surface area contributed by atoms with Crippen molar-refractivity contribution in [2.75, 3.05) is 31.7 Å². The first-order chi connectivity index (χ1) is 10.7. The van der Waals surface area contributed by atoms with Crippen LogP contribution >= 0.6 is 0 Å². The van der Waals surface area contributed by atoms with Crippen LogP contribution in [0.15, 0.2) is 10.7 Å². The van der Waals surface area contributed by atoms with Gasteiger partial charge in [0, 0.05) is 19.8 Å². The minimum absolute atomic E-state index is 0.0853. The van der Waals surface area contributed by atoms with Gasteiger partial charge in [-0.2, -0.15) is 4.98 Å². The van der Waals surface area contributed by atoms with Crippen LogP contribution in [0.1, 0.15) is 42.6 Å². The Morgan fingerprint density at radius 2 is 2.23 bits per heavy atom. The third kappa shape index (κ3) is 3.59. The summed E-state index contributed by atoms with van der Waals surface area (Å²) in [6, 6.07) is 0.245. The molecule has 2 aliphatic heterocycles. The lowest BCUT2D eigenvalue weighted by atomic mass is 9.75. The molecule has 1 aromatic heterocycles. The van der Waals surface area contributed by atoms with E-state index in [1.165, 1.54) is 6.42 Å². The van der Waals surface area contributed by atoms with Gasteiger partial charge in [-0.3, -0.25) is 0 Å². The average Bonchev–Trinajstić information content (AvgIpc) is 3.00. The van der Waals surface area contributed by atoms with Gasteiger partial charge in [0.1, 0.15) is 6.26 Å². The summed E-state index contributed by atoms with van der Waals surface area (Å²) >= 11 is 0. The van der Waals surface area contributed by atoms with Gasteiger partial charge in [-0.25, -0.2) is 4.79 Å². The molecular formula is C15H22N2O5. The maximum atomic E-state index is 10.7. The summed E-state index contributed by atoms with van der Waals surface area (Å²) in [6.45, 7) is 3.18. The molecule has 3 rings (SSSR count). The smallest absolute Gasteiger partial charge is 0.357 e. The monoisotopic (exact) mass is 310 g/mol. The van der Waals surface area contributed by atoms with E-state index in [2.05, 4.69) is 10.3 Å². The minimum atomic E-state index is -1.09. The Morgan fingerprint density at radius 3 is 2.86 bits per heavy atom. The number of aromatic carboxylic acids is 1. The number of ether oxygens (including phenoxy) is 2. The van der Waals surface area contributed by atoms with E-state index in [1.54, 1.807) is 0 Å². The van der Waals surface area contributed by atoms with Crippen LogP contribution in [0, 0.1) is 5.41 Å². The topological polar surface area (TPSA) is 93.8 Å². The summed E-state index contributed by atoms with van der Waals surface area (Å²) < 4.78 is 16.5. The molecule has 7 nitrogen and oxygen atoms in total. The van der Waals surface area contributed by atoms with Crippen molar-refractivity contribution in [3.05, 3.63) is 12.0 Å². The molecule has 2 N–H and O–H groups in total. The first-order valence-electron chi connectivity index (χ1n) is 7.79. The zero-order chi connectivity index (χ0) is 15.4. The first kappa shape index (κ1) is 15.3. The second kappa shape index (κ2) is 6.66. The van der Waals surface area contributed by atoms with Crippen molar-refractivity contribution >= 4 is 12.0 Å². The summed E-state index contributed by atoms with van der Waals surface area (Å²) in [4.78, 5) is 14.5. The van der Waals surface area contributed by atoms with Crippen molar-refractivity contribution in [3.8, 4) is 0 Å². The molecule has 122 valence electrons. The van der Waals surface area contributed by atoms with Crippen molar-refractivity contribution < 1.29 is 23.8 Å². The Kier molecular flexibility index (Phi) is 4.63. The molecule has 0 bridgehead atoms. The van der Waals surface area contributed by atoms with E-state index in [1.807, 2.05) is 0 Å². The van der Waals surface area contributed by atoms with Crippen molar-refractivity contribution in [2.45, 2.75) is 38.2 Å². The Labute approximate surface area is 129 Å². The number of oxazole rings is 1. The number of carboxylic acid groups (broad SMARTS) is 1. The second-order valence-electron chi connectivity index (χ2n) is 6.14. The molecule has 22 heavy (non-hydrogen) atoms. The van der Waals surface area contributed by atoms with Gasteiger partial charge in [-0.15, -0.1) is 0 Å². The minimum Gasteiger partial charge on any atom is -0.476 e. The number of rotatable bonds is 5. The molecule has 1 aromatic rings. The zero-order valence-electron chi connectivity index (χ0n) is 12.5. The molecule has 0 saturated carbocycles. The summed E-state index contributed by atoms with van der Waals surface area (Å²) in [5, 5.41) is 11.8. The van der Waals surface area contributed by atoms with Crippen LogP contribution < -0.4 is 5.32 Å². The Morgan fingerprint density at radius 1 is 1.41 bits per heavy atom. The van der Waals surface area contributed by atoms with Gasteiger partial charge in [0.25, 0.3) is 6.01 Å². The van der Waals surface area contributed by atoms with Crippen molar-refractivity contribution in [1.29, 1.82) is 0 Å². The van der Waals surface area contributed by atoms with Crippen molar-refractivity contribution in [3.63, 3.8) is 0 Å². The van der Waals surface area contributed by atoms with E-state index in [9.17, 15) is 4.79 Å². The summed E-state index contributed by atoms with van der Waals surface area (Å²) in [6.07, 6.45) is 6.71. The molecule has 0 amide bonds. The van der Waals surface area contributed by atoms with Crippen molar-refractivity contribution in [1.82, 2.24) is 4.98 Å². The standard InChI is InChI=1S/C15H22N2O5/c18-13(19)12-9-21-14(17-12)16-6-2-11-1-3-15(10-22-11)4-7-20-8-5-15/h9,11H,1-8,10H2,(H,16,17)(H,18,19). The van der Waals surface area contributed by atoms with Crippen LogP contribution in [0.2, 0.25) is 0 Å². The molecule has 0 aliphatic carbocycles. The van der Waals surface area contributed by atoms with Gasteiger partial charge in [0.05, 0.1) is 12.7 Å². The SMILES string of the molecule is O=C(O)c1coc(NCCC2CCC3(CCOCC3)CO2)n1. The van der Waals surface area contributed by atoms with Crippen LogP contribution in [-0.2, 0) is 9.47 Å². The lowest BCUT2D eigenvalue weighted by Crippen LogP contribution is -2.40. The molecule has 0 aromatic carbocycles. The summed E-state index contributed by atoms with van der Waals surface area (Å²) in [5.41, 5.74) is 0.249. The molecule has 7 heteroatoms. The van der Waals surface area contributed by atoms with E-state index in [4.69, 9.17) is 19.0 Å². The van der Waals surface area contributed by atoms with E-state index in [-0.39, 0.29) is 17.8 Å². The van der Waals surface area contributed by atoms with E-state index < -0.39 is 5.97 Å². The molecule has 0 radical (unpaired) electrons. The highest BCUT2D eigenvalue weighted by Gasteiger charge is 2.37. The molecule has 1 atom stereocenters. The number of nitrogens with zero attached hydrogens (tertiary/aromatic N) is 1. The number of hydrogen-bond acceptors (Lipinski definition) is 6. The van der Waals surface area contributed by atoms with E-state index in [0.717, 1.165) is 51.8 Å². The van der Waals surface area contributed by atoms with Gasteiger partial charge < -0.3 is 24.3 Å². The number of hydrogen-bond donors (Lipinski definition) is 2. The summed E-state index contributed by atoms with van der Waals surface area (Å²) in [7, 11) is 0. The highest BCUT2D eigenvalue weighted by Crippen LogP contribution is 2.40. The van der Waals surface area contributed by atoms with Crippen LogP contribution in [0.3, 0.4) is 0 Å². The normalized spacial score (nSPS) is 24.3. The Hall–Kier alpha value is -1.60. The number of nitrogens with one attached hydrogen (secondary N) is 1. The van der Waals surface area contributed by atoms with Crippen LogP contribution in [-0.4, -0.2) is 48.5 Å². The van der Waals surface area contributed by atoms with Crippen LogP contribution in [0.5, 0.6) is 0 Å². The number of anilines is 1. The van der Waals surface area contributed by atoms with Gasteiger partial charge in [0.2, 0.25) is 0 Å². The Balaban J connectivity index is 1.38.